The number of aromatic nitrogens is 2. The highest BCUT2D eigenvalue weighted by molar-refractivity contribution is 7.89. The molecular weight excluding hydrogens is 410 g/mol. The van der Waals surface area contributed by atoms with Gasteiger partial charge in [-0.15, -0.1) is 10.2 Å². The van der Waals surface area contributed by atoms with E-state index in [9.17, 15) is 8.42 Å². The monoisotopic (exact) mass is 431 g/mol. The first-order chi connectivity index (χ1) is 15.1. The largest absolute Gasteiger partial charge is 0.320 e. The number of hydrogen-bond acceptors (Lipinski definition) is 5. The molecule has 1 heterocycles. The zero-order valence-corrected chi connectivity index (χ0v) is 17.7. The van der Waals surface area contributed by atoms with Crippen molar-refractivity contribution in [2.45, 2.75) is 11.8 Å². The molecule has 2 N–H and O–H groups in total. The highest BCUT2D eigenvalue weighted by Crippen LogP contribution is 2.33. The molecule has 0 atom stereocenters. The third-order valence-electron chi connectivity index (χ3n) is 4.54. The van der Waals surface area contributed by atoms with Crippen LogP contribution in [0.15, 0.2) is 100 Å². The Hall–Kier alpha value is -3.62. The minimum Gasteiger partial charge on any atom is -0.320 e. The lowest BCUT2D eigenvalue weighted by Crippen LogP contribution is -2.23. The quantitative estimate of drug-likeness (QED) is 0.380. The molecular formula is C23H21N5O2S. The second kappa shape index (κ2) is 9.03. The smallest absolute Gasteiger partial charge is 0.247 e. The SMILES string of the molecule is CCNS(=O)(=O)c1ccccc1N=Nc1nc(-c2ccccc2)c(-c2ccccc2)[nH]1. The Labute approximate surface area is 181 Å². The minimum atomic E-state index is -3.67. The Morgan fingerprint density at radius 2 is 1.45 bits per heavy atom. The van der Waals surface area contributed by atoms with Gasteiger partial charge in [-0.2, -0.15) is 0 Å². The summed E-state index contributed by atoms with van der Waals surface area (Å²) in [7, 11) is -3.67. The summed E-state index contributed by atoms with van der Waals surface area (Å²) in [5, 5.41) is 8.39. The molecule has 3 aromatic carbocycles. The molecule has 0 spiro atoms. The van der Waals surface area contributed by atoms with Crippen LogP contribution in [-0.2, 0) is 10.0 Å². The maximum Gasteiger partial charge on any atom is 0.247 e. The fourth-order valence-electron chi connectivity index (χ4n) is 3.16. The number of imidazole rings is 1. The second-order valence-electron chi connectivity index (χ2n) is 6.69. The van der Waals surface area contributed by atoms with E-state index < -0.39 is 10.0 Å². The third kappa shape index (κ3) is 4.60. The van der Waals surface area contributed by atoms with E-state index in [2.05, 4.69) is 24.9 Å². The number of azo groups is 1. The van der Waals surface area contributed by atoms with Gasteiger partial charge in [-0.3, -0.25) is 0 Å². The molecule has 0 fully saturated rings. The van der Waals surface area contributed by atoms with Crippen LogP contribution in [-0.4, -0.2) is 24.9 Å². The van der Waals surface area contributed by atoms with Crippen LogP contribution in [0.2, 0.25) is 0 Å². The molecule has 0 unspecified atom stereocenters. The molecule has 1 aromatic heterocycles. The first-order valence-electron chi connectivity index (χ1n) is 9.80. The van der Waals surface area contributed by atoms with E-state index in [0.29, 0.717) is 0 Å². The Morgan fingerprint density at radius 1 is 0.839 bits per heavy atom. The Bertz CT molecular complexity index is 1240. The Balaban J connectivity index is 1.76. The van der Waals surface area contributed by atoms with Crippen molar-refractivity contribution in [3.63, 3.8) is 0 Å². The summed E-state index contributed by atoms with van der Waals surface area (Å²) in [6.45, 7) is 2.01. The maximum atomic E-state index is 12.5. The van der Waals surface area contributed by atoms with Crippen LogP contribution >= 0.6 is 0 Å². The van der Waals surface area contributed by atoms with E-state index >= 15 is 0 Å². The predicted octanol–water partition coefficient (Wildman–Crippen LogP) is 5.46. The molecule has 8 heteroatoms. The first-order valence-corrected chi connectivity index (χ1v) is 11.3. The molecule has 0 aliphatic heterocycles. The van der Waals surface area contributed by atoms with Gasteiger partial charge in [0.1, 0.15) is 10.6 Å². The van der Waals surface area contributed by atoms with Crippen LogP contribution in [0.4, 0.5) is 11.6 Å². The van der Waals surface area contributed by atoms with E-state index in [4.69, 9.17) is 0 Å². The van der Waals surface area contributed by atoms with Crippen LogP contribution < -0.4 is 4.72 Å². The Morgan fingerprint density at radius 3 is 2.13 bits per heavy atom. The van der Waals surface area contributed by atoms with Crippen molar-refractivity contribution in [1.29, 1.82) is 0 Å². The van der Waals surface area contributed by atoms with Gasteiger partial charge >= 0.3 is 0 Å². The lowest BCUT2D eigenvalue weighted by molar-refractivity contribution is 0.584. The van der Waals surface area contributed by atoms with Crippen molar-refractivity contribution in [3.8, 4) is 22.5 Å². The van der Waals surface area contributed by atoms with Crippen molar-refractivity contribution in [3.05, 3.63) is 84.9 Å². The summed E-state index contributed by atoms with van der Waals surface area (Å²) >= 11 is 0. The predicted molar refractivity (Wildman–Crippen MR) is 121 cm³/mol. The lowest BCUT2D eigenvalue weighted by atomic mass is 10.1. The van der Waals surface area contributed by atoms with Gasteiger partial charge < -0.3 is 4.98 Å². The summed E-state index contributed by atoms with van der Waals surface area (Å²) in [5.74, 6) is 0.286. The summed E-state index contributed by atoms with van der Waals surface area (Å²) in [4.78, 5) is 7.90. The average molecular weight is 432 g/mol. The van der Waals surface area contributed by atoms with Gasteiger partial charge in [0, 0.05) is 17.7 Å². The highest BCUT2D eigenvalue weighted by Gasteiger charge is 2.18. The van der Waals surface area contributed by atoms with E-state index in [-0.39, 0.29) is 23.1 Å². The van der Waals surface area contributed by atoms with E-state index in [1.807, 2.05) is 60.7 Å². The summed E-state index contributed by atoms with van der Waals surface area (Å²) < 4.78 is 27.4. The number of nitrogens with one attached hydrogen (secondary N) is 2. The molecule has 4 rings (SSSR count). The Kier molecular flexibility index (Phi) is 6.01. The van der Waals surface area contributed by atoms with Gasteiger partial charge in [-0.05, 0) is 12.1 Å². The minimum absolute atomic E-state index is 0.0683. The van der Waals surface area contributed by atoms with Gasteiger partial charge in [0.2, 0.25) is 16.0 Å². The van der Waals surface area contributed by atoms with Crippen molar-refractivity contribution in [1.82, 2.24) is 14.7 Å². The zero-order chi connectivity index (χ0) is 21.7. The summed E-state index contributed by atoms with van der Waals surface area (Å²) in [5.41, 5.74) is 3.70. The molecule has 31 heavy (non-hydrogen) atoms. The molecule has 156 valence electrons. The number of nitrogens with zero attached hydrogens (tertiary/aromatic N) is 3. The van der Waals surface area contributed by atoms with Gasteiger partial charge in [0.05, 0.1) is 11.4 Å². The van der Waals surface area contributed by atoms with E-state index in [1.54, 1.807) is 25.1 Å². The fourth-order valence-corrected chi connectivity index (χ4v) is 4.34. The average Bonchev–Trinajstić information content (AvgIpc) is 3.23. The number of hydrogen-bond donors (Lipinski definition) is 2. The maximum absolute atomic E-state index is 12.5. The van der Waals surface area contributed by atoms with Crippen molar-refractivity contribution in [2.24, 2.45) is 10.2 Å². The summed E-state index contributed by atoms with van der Waals surface area (Å²) in [6.07, 6.45) is 0. The molecule has 7 nitrogen and oxygen atoms in total. The van der Waals surface area contributed by atoms with Gasteiger partial charge in [0.15, 0.2) is 0 Å². The van der Waals surface area contributed by atoms with Crippen molar-refractivity contribution >= 4 is 21.7 Å². The highest BCUT2D eigenvalue weighted by atomic mass is 32.2. The molecule has 0 aliphatic rings. The van der Waals surface area contributed by atoms with Gasteiger partial charge in [-0.1, -0.05) is 79.7 Å². The lowest BCUT2D eigenvalue weighted by Gasteiger charge is -2.06. The van der Waals surface area contributed by atoms with Gasteiger partial charge in [0.25, 0.3) is 0 Å². The van der Waals surface area contributed by atoms with Crippen molar-refractivity contribution < 1.29 is 8.42 Å². The van der Waals surface area contributed by atoms with Crippen LogP contribution in [0, 0.1) is 0 Å². The molecule has 4 aromatic rings. The molecule has 0 bridgehead atoms. The number of rotatable bonds is 7. The zero-order valence-electron chi connectivity index (χ0n) is 16.9. The molecule has 0 saturated carbocycles. The first kappa shape index (κ1) is 20.6. The van der Waals surface area contributed by atoms with Crippen molar-refractivity contribution in [2.75, 3.05) is 6.54 Å². The third-order valence-corrected chi connectivity index (χ3v) is 6.14. The second-order valence-corrected chi connectivity index (χ2v) is 8.42. The van der Waals surface area contributed by atoms with Crippen LogP contribution in [0.5, 0.6) is 0 Å². The normalized spacial score (nSPS) is 11.8. The van der Waals surface area contributed by atoms with Crippen LogP contribution in [0.1, 0.15) is 6.92 Å². The number of H-pyrrole nitrogens is 1. The number of benzene rings is 3. The van der Waals surface area contributed by atoms with E-state index in [1.165, 1.54) is 6.07 Å². The van der Waals surface area contributed by atoms with Crippen LogP contribution in [0.25, 0.3) is 22.5 Å². The number of sulfonamides is 1. The van der Waals surface area contributed by atoms with Gasteiger partial charge in [-0.25, -0.2) is 18.1 Å². The molecule has 0 amide bonds. The molecule has 0 saturated heterocycles. The standard InChI is InChI=1S/C23H21N5O2S/c1-2-24-31(29,30)20-16-10-9-15-19(20)27-28-23-25-21(17-11-5-3-6-12-17)22(26-23)18-13-7-4-8-14-18/h3-16,24H,2H2,1H3,(H,25,26). The van der Waals surface area contributed by atoms with Crippen LogP contribution in [0.3, 0.4) is 0 Å². The number of aromatic amines is 1. The fraction of sp³-hybridized carbons (Fsp3) is 0.0870. The topological polar surface area (TPSA) is 99.6 Å². The molecule has 0 radical (unpaired) electrons. The van der Waals surface area contributed by atoms with E-state index in [0.717, 1.165) is 22.5 Å². The summed E-state index contributed by atoms with van der Waals surface area (Å²) in [6, 6.07) is 26.1. The molecule has 0 aliphatic carbocycles.